The van der Waals surface area contributed by atoms with E-state index in [0.29, 0.717) is 0 Å². The molecule has 156 valence electrons. The van der Waals surface area contributed by atoms with Crippen LogP contribution >= 0.6 is 0 Å². The Morgan fingerprint density at radius 3 is 1.36 bits per heavy atom. The van der Waals surface area contributed by atoms with E-state index in [9.17, 15) is 28.8 Å². The molecule has 14 nitrogen and oxygen atoms in total. The molecule has 0 aliphatic rings. The van der Waals surface area contributed by atoms with Crippen LogP contribution in [0.1, 0.15) is 23.2 Å². The Kier molecular flexibility index (Phi) is 12.7. The summed E-state index contributed by atoms with van der Waals surface area (Å²) in [7, 11) is 0. The molecule has 0 fully saturated rings. The molecule has 28 heavy (non-hydrogen) atoms. The second-order valence-corrected chi connectivity index (χ2v) is 4.55. The average molecular weight is 408 g/mol. The summed E-state index contributed by atoms with van der Waals surface area (Å²) in [5.41, 5.74) is -0.579. The summed E-state index contributed by atoms with van der Waals surface area (Å²) >= 11 is 0. The molecule has 14 heteroatoms. The van der Waals surface area contributed by atoms with Crippen LogP contribution in [0.4, 0.5) is 0 Å². The van der Waals surface area contributed by atoms with Crippen molar-refractivity contribution in [3.63, 3.8) is 0 Å². The topological polar surface area (TPSA) is 257 Å². The van der Waals surface area contributed by atoms with E-state index in [1.54, 1.807) is 0 Å². The van der Waals surface area contributed by atoms with Crippen LogP contribution < -0.4 is 5.63 Å². The molecule has 0 saturated heterocycles. The Balaban J connectivity index is 0. The number of carboxylic acid groups (broad SMARTS) is 5. The standard InChI is InChI=1S/C6H4O4.2C4H6O5/c7-5-2-1-4(3-10-5)6(8)9;2*5-2(4(8)9)1-3(6)7/h1-3H,(H,8,9);2*2,5H,1H2,(H,6,7)(H,8,9). The van der Waals surface area contributed by atoms with Crippen LogP contribution in [0.3, 0.4) is 0 Å². The van der Waals surface area contributed by atoms with E-state index in [-0.39, 0.29) is 5.56 Å². The molecule has 2 unspecified atom stereocenters. The summed E-state index contributed by atoms with van der Waals surface area (Å²) < 4.78 is 4.28. The van der Waals surface area contributed by atoms with Crippen LogP contribution in [0.5, 0.6) is 0 Å². The van der Waals surface area contributed by atoms with E-state index >= 15 is 0 Å². The van der Waals surface area contributed by atoms with Gasteiger partial charge in [0.1, 0.15) is 6.26 Å². The lowest BCUT2D eigenvalue weighted by molar-refractivity contribution is -0.153. The number of hydrogen-bond acceptors (Lipinski definition) is 9. The summed E-state index contributed by atoms with van der Waals surface area (Å²) in [6.45, 7) is 0. The molecule has 1 aromatic rings. The Bertz CT molecular complexity index is 696. The van der Waals surface area contributed by atoms with Gasteiger partial charge in [0, 0.05) is 6.07 Å². The van der Waals surface area contributed by atoms with Crippen LogP contribution in [0, 0.1) is 0 Å². The minimum absolute atomic E-state index is 0.0281. The van der Waals surface area contributed by atoms with E-state index in [4.69, 9.17) is 35.7 Å². The summed E-state index contributed by atoms with van der Waals surface area (Å²) in [5, 5.41) is 56.6. The molecule has 0 aliphatic carbocycles. The molecule has 0 radical (unpaired) electrons. The number of aliphatic hydroxyl groups excluding tert-OH is 2. The lowest BCUT2D eigenvalue weighted by atomic mass is 10.3. The van der Waals surface area contributed by atoms with Crippen molar-refractivity contribution in [3.8, 4) is 0 Å². The molecular weight excluding hydrogens is 392 g/mol. The van der Waals surface area contributed by atoms with Crippen molar-refractivity contribution in [2.24, 2.45) is 0 Å². The molecular formula is C14H16O14. The highest BCUT2D eigenvalue weighted by molar-refractivity contribution is 5.86. The fraction of sp³-hybridized carbons (Fsp3) is 0.286. The fourth-order valence-corrected chi connectivity index (χ4v) is 0.985. The highest BCUT2D eigenvalue weighted by Gasteiger charge is 2.16. The minimum Gasteiger partial charge on any atom is -0.481 e. The second-order valence-electron chi connectivity index (χ2n) is 4.55. The highest BCUT2D eigenvalue weighted by atomic mass is 16.4. The predicted molar refractivity (Wildman–Crippen MR) is 83.7 cm³/mol. The van der Waals surface area contributed by atoms with Crippen LogP contribution in [-0.2, 0) is 19.2 Å². The number of carboxylic acids is 5. The van der Waals surface area contributed by atoms with E-state index < -0.39 is 60.5 Å². The van der Waals surface area contributed by atoms with Gasteiger partial charge < -0.3 is 40.2 Å². The first kappa shape index (κ1) is 26.4. The van der Waals surface area contributed by atoms with Gasteiger partial charge in [0.15, 0.2) is 12.2 Å². The van der Waals surface area contributed by atoms with Crippen LogP contribution in [0.15, 0.2) is 27.6 Å². The first-order valence-electron chi connectivity index (χ1n) is 6.85. The highest BCUT2D eigenvalue weighted by Crippen LogP contribution is 1.93. The monoisotopic (exact) mass is 408 g/mol. The van der Waals surface area contributed by atoms with E-state index in [1.807, 2.05) is 0 Å². The fourth-order valence-electron chi connectivity index (χ4n) is 0.985. The normalized spacial score (nSPS) is 11.4. The first-order valence-corrected chi connectivity index (χ1v) is 6.85. The third kappa shape index (κ3) is 14.6. The third-order valence-corrected chi connectivity index (χ3v) is 2.25. The van der Waals surface area contributed by atoms with Crippen molar-refractivity contribution < 1.29 is 64.1 Å². The molecule has 7 N–H and O–H groups in total. The third-order valence-electron chi connectivity index (χ3n) is 2.25. The number of aromatic carboxylic acids is 1. The molecule has 1 rings (SSSR count). The van der Waals surface area contributed by atoms with Gasteiger partial charge in [0.05, 0.1) is 18.4 Å². The molecule has 0 amide bonds. The van der Waals surface area contributed by atoms with Crippen LogP contribution in [0.2, 0.25) is 0 Å². The largest absolute Gasteiger partial charge is 0.481 e. The van der Waals surface area contributed by atoms with E-state index in [1.165, 1.54) is 6.07 Å². The van der Waals surface area contributed by atoms with Crippen LogP contribution in [-0.4, -0.2) is 77.8 Å². The van der Waals surface area contributed by atoms with Crippen molar-refractivity contribution in [2.75, 3.05) is 0 Å². The minimum atomic E-state index is -1.79. The Morgan fingerprint density at radius 1 is 0.786 bits per heavy atom. The Labute approximate surface area is 154 Å². The van der Waals surface area contributed by atoms with Crippen molar-refractivity contribution in [1.29, 1.82) is 0 Å². The number of carbonyl (C=O) groups is 5. The number of hydrogen-bond donors (Lipinski definition) is 7. The maximum Gasteiger partial charge on any atom is 0.338 e. The second kappa shape index (κ2) is 13.4. The lowest BCUT2D eigenvalue weighted by Gasteiger charge is -1.97. The zero-order chi connectivity index (χ0) is 22.4. The molecule has 2 atom stereocenters. The molecule has 0 saturated carbocycles. The zero-order valence-electron chi connectivity index (χ0n) is 13.8. The molecule has 0 aliphatic heterocycles. The smallest absolute Gasteiger partial charge is 0.338 e. The molecule has 1 aromatic heterocycles. The summed E-state index contributed by atoms with van der Waals surface area (Å²) in [6, 6.07) is 2.25. The first-order chi connectivity index (χ1) is 12.8. The summed E-state index contributed by atoms with van der Waals surface area (Å²) in [5.74, 6) is -6.80. The lowest BCUT2D eigenvalue weighted by Crippen LogP contribution is -2.22. The van der Waals surface area contributed by atoms with E-state index in [0.717, 1.165) is 12.3 Å². The zero-order valence-corrected chi connectivity index (χ0v) is 13.8. The summed E-state index contributed by atoms with van der Waals surface area (Å²) in [6.07, 6.45) is -4.18. The SMILES string of the molecule is O=C(O)CC(O)C(=O)O.O=C(O)CC(O)C(=O)O.O=C(O)c1ccc(=O)oc1. The van der Waals surface area contributed by atoms with Crippen molar-refractivity contribution in [1.82, 2.24) is 0 Å². The van der Waals surface area contributed by atoms with Gasteiger partial charge in [-0.3, -0.25) is 9.59 Å². The van der Waals surface area contributed by atoms with Gasteiger partial charge in [-0.05, 0) is 6.07 Å². The maximum absolute atomic E-state index is 10.3. The van der Waals surface area contributed by atoms with Gasteiger partial charge in [-0.25, -0.2) is 19.2 Å². The average Bonchev–Trinajstić information content (AvgIpc) is 2.55. The van der Waals surface area contributed by atoms with Crippen molar-refractivity contribution >= 4 is 29.8 Å². The van der Waals surface area contributed by atoms with Gasteiger partial charge in [-0.1, -0.05) is 0 Å². The quantitative estimate of drug-likeness (QED) is 0.261. The molecule has 1 heterocycles. The van der Waals surface area contributed by atoms with Gasteiger partial charge in [-0.15, -0.1) is 0 Å². The molecule has 0 aromatic carbocycles. The number of aliphatic hydroxyl groups is 2. The Morgan fingerprint density at radius 2 is 1.18 bits per heavy atom. The van der Waals surface area contributed by atoms with Crippen molar-refractivity contribution in [2.45, 2.75) is 25.0 Å². The van der Waals surface area contributed by atoms with Gasteiger partial charge in [0.2, 0.25) is 0 Å². The van der Waals surface area contributed by atoms with Gasteiger partial charge >= 0.3 is 35.5 Å². The maximum atomic E-state index is 10.3. The Hall–Kier alpha value is -3.78. The van der Waals surface area contributed by atoms with E-state index in [2.05, 4.69) is 4.42 Å². The van der Waals surface area contributed by atoms with Crippen molar-refractivity contribution in [3.05, 3.63) is 34.4 Å². The molecule has 0 bridgehead atoms. The van der Waals surface area contributed by atoms with Gasteiger partial charge in [0.25, 0.3) is 0 Å². The predicted octanol–water partition coefficient (Wildman–Crippen LogP) is -1.85. The number of rotatable bonds is 7. The molecule has 0 spiro atoms. The van der Waals surface area contributed by atoms with Gasteiger partial charge in [-0.2, -0.15) is 0 Å². The summed E-state index contributed by atoms with van der Waals surface area (Å²) in [4.78, 5) is 59.3. The number of aliphatic carboxylic acids is 4. The van der Waals surface area contributed by atoms with Crippen LogP contribution in [0.25, 0.3) is 0 Å².